The fourth-order valence-corrected chi connectivity index (χ4v) is 3.86. The second-order valence-corrected chi connectivity index (χ2v) is 8.56. The normalized spacial score (nSPS) is 11.4. The van der Waals surface area contributed by atoms with Crippen molar-refractivity contribution < 1.29 is 14.3 Å². The molecule has 4 aromatic carbocycles. The summed E-state index contributed by atoms with van der Waals surface area (Å²) in [4.78, 5) is 10.1. The Labute approximate surface area is 216 Å². The van der Waals surface area contributed by atoms with Gasteiger partial charge in [-0.1, -0.05) is 42.5 Å². The Kier molecular flexibility index (Phi) is 9.47. The number of benzene rings is 4. The first kappa shape index (κ1) is 25.7. The van der Waals surface area contributed by atoms with E-state index < -0.39 is 0 Å². The third kappa shape index (κ3) is 7.54. The van der Waals surface area contributed by atoms with Gasteiger partial charge >= 0.3 is 0 Å². The highest BCUT2D eigenvalue weighted by molar-refractivity contribution is 5.99. The van der Waals surface area contributed by atoms with Gasteiger partial charge in [-0.25, -0.2) is 0 Å². The molecule has 0 N–H and O–H groups in total. The maximum Gasteiger partial charge on any atom is 0.293 e. The van der Waals surface area contributed by atoms with Gasteiger partial charge in [0.25, 0.3) is 6.47 Å². The van der Waals surface area contributed by atoms with Crippen LogP contribution in [0.4, 0.5) is 22.7 Å². The standard InChI is InChI=1S/C30H30N4O3/c1-23-21-25(37-20-10-3-2-9-19-36-22-35)15-16-28(23)32-34-30-18-17-29(26-13-7-8-14-27(26)30)33-31-24-11-5-4-6-12-24/h4-8,11-18,21-22H,2-3,9-10,19-20H2,1H3. The fraction of sp³-hybridized carbons (Fsp3) is 0.233. The zero-order valence-electron chi connectivity index (χ0n) is 20.9. The number of nitrogens with zero attached hydrogens (tertiary/aromatic N) is 4. The lowest BCUT2D eigenvalue weighted by Crippen LogP contribution is -1.98. The Morgan fingerprint density at radius 1 is 0.649 bits per heavy atom. The number of aryl methyl sites for hydroxylation is 1. The number of rotatable bonds is 13. The lowest BCUT2D eigenvalue weighted by molar-refractivity contribution is -0.128. The highest BCUT2D eigenvalue weighted by Crippen LogP contribution is 2.35. The third-order valence-electron chi connectivity index (χ3n) is 5.83. The highest BCUT2D eigenvalue weighted by atomic mass is 16.5. The summed E-state index contributed by atoms with van der Waals surface area (Å²) in [6, 6.07) is 27.3. The first-order valence-corrected chi connectivity index (χ1v) is 12.4. The average molecular weight is 495 g/mol. The van der Waals surface area contributed by atoms with E-state index >= 15 is 0 Å². The first-order valence-electron chi connectivity index (χ1n) is 12.4. The van der Waals surface area contributed by atoms with Gasteiger partial charge in [0.05, 0.1) is 36.0 Å². The molecule has 37 heavy (non-hydrogen) atoms. The molecular formula is C30H30N4O3. The fourth-order valence-electron chi connectivity index (χ4n) is 3.86. The zero-order valence-corrected chi connectivity index (χ0v) is 20.9. The number of fused-ring (bicyclic) bond motifs is 1. The molecule has 0 spiro atoms. The van der Waals surface area contributed by atoms with Gasteiger partial charge in [-0.2, -0.15) is 10.2 Å². The van der Waals surface area contributed by atoms with Gasteiger partial charge in [-0.05, 0) is 80.6 Å². The molecule has 0 radical (unpaired) electrons. The van der Waals surface area contributed by atoms with Crippen molar-refractivity contribution in [3.8, 4) is 5.75 Å². The van der Waals surface area contributed by atoms with Crippen molar-refractivity contribution in [2.24, 2.45) is 20.5 Å². The number of azo groups is 2. The zero-order chi connectivity index (χ0) is 25.7. The van der Waals surface area contributed by atoms with Crippen LogP contribution in [-0.4, -0.2) is 19.7 Å². The van der Waals surface area contributed by atoms with E-state index in [1.54, 1.807) is 0 Å². The third-order valence-corrected chi connectivity index (χ3v) is 5.83. The summed E-state index contributed by atoms with van der Waals surface area (Å²) >= 11 is 0. The first-order chi connectivity index (χ1) is 18.2. The van der Waals surface area contributed by atoms with Crippen molar-refractivity contribution in [1.82, 2.24) is 0 Å². The van der Waals surface area contributed by atoms with Crippen LogP contribution in [0.1, 0.15) is 31.2 Å². The molecular weight excluding hydrogens is 464 g/mol. The Morgan fingerprint density at radius 2 is 1.24 bits per heavy atom. The number of carbonyl (C=O) groups excluding carboxylic acids is 1. The minimum Gasteiger partial charge on any atom is -0.494 e. The Hall–Kier alpha value is -4.39. The van der Waals surface area contributed by atoms with Crippen LogP contribution in [0.3, 0.4) is 0 Å². The minimum absolute atomic E-state index is 0.485. The van der Waals surface area contributed by atoms with E-state index in [4.69, 9.17) is 9.47 Å². The summed E-state index contributed by atoms with van der Waals surface area (Å²) in [5.41, 5.74) is 4.14. The molecule has 0 aliphatic heterocycles. The number of carbonyl (C=O) groups is 1. The SMILES string of the molecule is Cc1cc(OCCCCCCOC=O)ccc1N=Nc1ccc(N=Nc2ccccc2)c2ccccc12. The van der Waals surface area contributed by atoms with Crippen molar-refractivity contribution in [3.63, 3.8) is 0 Å². The summed E-state index contributed by atoms with van der Waals surface area (Å²) in [5.74, 6) is 0.819. The van der Waals surface area contributed by atoms with Crippen molar-refractivity contribution >= 4 is 40.0 Å². The van der Waals surface area contributed by atoms with Crippen molar-refractivity contribution in [3.05, 3.63) is 90.5 Å². The van der Waals surface area contributed by atoms with Crippen LogP contribution in [-0.2, 0) is 9.53 Å². The van der Waals surface area contributed by atoms with Crippen LogP contribution >= 0.6 is 0 Å². The van der Waals surface area contributed by atoms with E-state index in [1.807, 2.05) is 91.9 Å². The van der Waals surface area contributed by atoms with E-state index in [2.05, 4.69) is 20.5 Å². The topological polar surface area (TPSA) is 85.0 Å². The van der Waals surface area contributed by atoms with Gasteiger partial charge in [0.15, 0.2) is 0 Å². The van der Waals surface area contributed by atoms with Gasteiger partial charge < -0.3 is 9.47 Å². The largest absolute Gasteiger partial charge is 0.494 e. The molecule has 0 bridgehead atoms. The second kappa shape index (κ2) is 13.6. The van der Waals surface area contributed by atoms with Crippen LogP contribution in [0.15, 0.2) is 105 Å². The summed E-state index contributed by atoms with van der Waals surface area (Å²) in [5, 5.41) is 19.8. The number of hydrogen-bond donors (Lipinski definition) is 0. The van der Waals surface area contributed by atoms with Crippen molar-refractivity contribution in [2.75, 3.05) is 13.2 Å². The van der Waals surface area contributed by atoms with Crippen LogP contribution in [0, 0.1) is 6.92 Å². The summed E-state index contributed by atoms with van der Waals surface area (Å²) in [7, 11) is 0. The molecule has 4 rings (SSSR count). The van der Waals surface area contributed by atoms with E-state index in [9.17, 15) is 4.79 Å². The number of ether oxygens (including phenoxy) is 2. The Morgan fingerprint density at radius 3 is 1.92 bits per heavy atom. The lowest BCUT2D eigenvalue weighted by atomic mass is 10.1. The molecule has 0 saturated carbocycles. The van der Waals surface area contributed by atoms with E-state index in [0.717, 1.165) is 70.5 Å². The quantitative estimate of drug-likeness (QED) is 0.105. The molecule has 7 nitrogen and oxygen atoms in total. The molecule has 0 amide bonds. The van der Waals surface area contributed by atoms with Gasteiger partial charge in [0.1, 0.15) is 5.75 Å². The van der Waals surface area contributed by atoms with Gasteiger partial charge in [0, 0.05) is 10.8 Å². The molecule has 0 atom stereocenters. The summed E-state index contributed by atoms with van der Waals surface area (Å²) < 4.78 is 10.6. The number of hydrogen-bond acceptors (Lipinski definition) is 7. The maximum absolute atomic E-state index is 10.1. The molecule has 7 heteroatoms. The Balaban J connectivity index is 1.40. The predicted molar refractivity (Wildman–Crippen MR) is 146 cm³/mol. The van der Waals surface area contributed by atoms with E-state index in [-0.39, 0.29) is 0 Å². The molecule has 4 aromatic rings. The van der Waals surface area contributed by atoms with E-state index in [0.29, 0.717) is 19.7 Å². The molecule has 0 aromatic heterocycles. The summed E-state index contributed by atoms with van der Waals surface area (Å²) in [6.45, 7) is 3.63. The monoisotopic (exact) mass is 494 g/mol. The van der Waals surface area contributed by atoms with Crippen molar-refractivity contribution in [1.29, 1.82) is 0 Å². The maximum atomic E-state index is 10.1. The smallest absolute Gasteiger partial charge is 0.293 e. The predicted octanol–water partition coefficient (Wildman–Crippen LogP) is 9.09. The molecule has 0 unspecified atom stereocenters. The van der Waals surface area contributed by atoms with Crippen LogP contribution in [0.5, 0.6) is 5.75 Å². The average Bonchev–Trinajstić information content (AvgIpc) is 2.93. The lowest BCUT2D eigenvalue weighted by Gasteiger charge is -2.08. The molecule has 0 heterocycles. The molecule has 0 fully saturated rings. The van der Waals surface area contributed by atoms with Crippen LogP contribution in [0.25, 0.3) is 10.8 Å². The molecule has 0 aliphatic carbocycles. The van der Waals surface area contributed by atoms with Crippen molar-refractivity contribution in [2.45, 2.75) is 32.6 Å². The Bertz CT molecular complexity index is 1370. The molecule has 0 aliphatic rings. The minimum atomic E-state index is 0.485. The number of unbranched alkanes of at least 4 members (excludes halogenated alkanes) is 3. The molecule has 188 valence electrons. The van der Waals surface area contributed by atoms with Gasteiger partial charge in [-0.3, -0.25) is 4.79 Å². The van der Waals surface area contributed by atoms with Crippen LogP contribution in [0.2, 0.25) is 0 Å². The summed E-state index contributed by atoms with van der Waals surface area (Å²) in [6.07, 6.45) is 3.89. The second-order valence-electron chi connectivity index (χ2n) is 8.56. The highest BCUT2D eigenvalue weighted by Gasteiger charge is 2.06. The van der Waals surface area contributed by atoms with Gasteiger partial charge in [0.2, 0.25) is 0 Å². The molecule has 0 saturated heterocycles. The van der Waals surface area contributed by atoms with Gasteiger partial charge in [-0.15, -0.1) is 10.2 Å². The van der Waals surface area contributed by atoms with E-state index in [1.165, 1.54) is 0 Å². The van der Waals surface area contributed by atoms with Crippen LogP contribution < -0.4 is 4.74 Å².